The van der Waals surface area contributed by atoms with Crippen molar-refractivity contribution >= 4 is 11.9 Å². The molecular weight excluding hydrogens is 298 g/mol. The zero-order valence-electron chi connectivity index (χ0n) is 12.9. The van der Waals surface area contributed by atoms with Gasteiger partial charge in [0.05, 0.1) is 18.5 Å². The largest absolute Gasteiger partial charge is 0.506 e. The molecule has 120 valence electrons. The molecule has 0 bridgehead atoms. The van der Waals surface area contributed by atoms with E-state index in [9.17, 15) is 14.7 Å². The summed E-state index contributed by atoms with van der Waals surface area (Å²) in [5.74, 6) is -0.872. The maximum Gasteiger partial charge on any atom is 0.325 e. The van der Waals surface area contributed by atoms with Gasteiger partial charge in [-0.2, -0.15) is 0 Å². The lowest BCUT2D eigenvalue weighted by Gasteiger charge is -2.08. The zero-order chi connectivity index (χ0) is 16.8. The zero-order valence-corrected chi connectivity index (χ0v) is 12.9. The lowest BCUT2D eigenvalue weighted by atomic mass is 10.1. The second kappa shape index (κ2) is 7.35. The van der Waals surface area contributed by atoms with Gasteiger partial charge in [0.1, 0.15) is 18.0 Å². The Morgan fingerprint density at radius 3 is 2.65 bits per heavy atom. The van der Waals surface area contributed by atoms with E-state index in [0.29, 0.717) is 5.69 Å². The quantitative estimate of drug-likeness (QED) is 0.810. The van der Waals surface area contributed by atoms with Gasteiger partial charge in [0, 0.05) is 11.8 Å². The Labute approximate surface area is 133 Å². The Kier molecular flexibility index (Phi) is 5.24. The lowest BCUT2D eigenvalue weighted by Crippen LogP contribution is -2.31. The summed E-state index contributed by atoms with van der Waals surface area (Å²) < 4.78 is 4.74. The molecule has 0 saturated carbocycles. The third-order valence-electron chi connectivity index (χ3n) is 3.07. The fraction of sp³-hybridized carbons (Fsp3) is 0.250. The Morgan fingerprint density at radius 1 is 1.26 bits per heavy atom. The molecule has 0 aliphatic rings. The highest BCUT2D eigenvalue weighted by Crippen LogP contribution is 2.22. The Bertz CT molecular complexity index is 714. The molecule has 1 amide bonds. The highest BCUT2D eigenvalue weighted by Gasteiger charge is 2.12. The van der Waals surface area contributed by atoms with Crippen LogP contribution in [0, 0.1) is 6.92 Å². The molecule has 0 aliphatic carbocycles. The van der Waals surface area contributed by atoms with Crippen molar-refractivity contribution in [2.45, 2.75) is 13.8 Å². The van der Waals surface area contributed by atoms with E-state index in [0.717, 1.165) is 11.1 Å². The normalized spacial score (nSPS) is 10.2. The van der Waals surface area contributed by atoms with Crippen molar-refractivity contribution in [3.63, 3.8) is 0 Å². The average molecular weight is 315 g/mol. The van der Waals surface area contributed by atoms with Crippen molar-refractivity contribution in [1.82, 2.24) is 15.3 Å². The first-order valence-electron chi connectivity index (χ1n) is 7.07. The molecule has 23 heavy (non-hydrogen) atoms. The summed E-state index contributed by atoms with van der Waals surface area (Å²) in [6.45, 7) is 3.59. The number of aromatic hydroxyl groups is 1. The van der Waals surface area contributed by atoms with Crippen LogP contribution in [0.3, 0.4) is 0 Å². The number of nitrogens with one attached hydrogen (secondary N) is 1. The summed E-state index contributed by atoms with van der Waals surface area (Å²) in [6.07, 6.45) is 2.88. The van der Waals surface area contributed by atoms with E-state index < -0.39 is 11.9 Å². The van der Waals surface area contributed by atoms with E-state index in [1.807, 2.05) is 6.92 Å². The number of amides is 1. The number of rotatable bonds is 5. The monoisotopic (exact) mass is 315 g/mol. The number of hydrogen-bond acceptors (Lipinski definition) is 6. The lowest BCUT2D eigenvalue weighted by molar-refractivity contribution is -0.141. The minimum absolute atomic E-state index is 0.0781. The Balaban J connectivity index is 2.11. The number of hydrogen-bond donors (Lipinski definition) is 2. The van der Waals surface area contributed by atoms with E-state index in [1.165, 1.54) is 18.5 Å². The van der Waals surface area contributed by atoms with Gasteiger partial charge < -0.3 is 15.2 Å². The highest BCUT2D eigenvalue weighted by molar-refractivity contribution is 5.94. The Hall–Kier alpha value is -2.96. The van der Waals surface area contributed by atoms with Crippen molar-refractivity contribution < 1.29 is 19.4 Å². The van der Waals surface area contributed by atoms with Gasteiger partial charge in [-0.3, -0.25) is 19.6 Å². The average Bonchev–Trinajstić information content (AvgIpc) is 2.54. The molecule has 0 radical (unpaired) electrons. The number of nitrogens with zero attached hydrogens (tertiary/aromatic N) is 2. The molecule has 0 saturated heterocycles. The van der Waals surface area contributed by atoms with Crippen LogP contribution in [0.4, 0.5) is 0 Å². The smallest absolute Gasteiger partial charge is 0.325 e. The number of esters is 1. The molecule has 7 nitrogen and oxygen atoms in total. The molecular formula is C16H17N3O4. The van der Waals surface area contributed by atoms with Gasteiger partial charge in [0.15, 0.2) is 0 Å². The van der Waals surface area contributed by atoms with Gasteiger partial charge in [-0.15, -0.1) is 0 Å². The fourth-order valence-electron chi connectivity index (χ4n) is 1.95. The first-order valence-corrected chi connectivity index (χ1v) is 7.07. The van der Waals surface area contributed by atoms with Gasteiger partial charge in [-0.1, -0.05) is 0 Å². The third kappa shape index (κ3) is 4.26. The summed E-state index contributed by atoms with van der Waals surface area (Å²) >= 11 is 0. The summed E-state index contributed by atoms with van der Waals surface area (Å²) in [4.78, 5) is 31.4. The van der Waals surface area contributed by atoms with Crippen LogP contribution in [0.2, 0.25) is 0 Å². The maximum atomic E-state index is 12.0. The summed E-state index contributed by atoms with van der Waals surface area (Å²) in [5, 5.41) is 11.7. The van der Waals surface area contributed by atoms with Crippen LogP contribution < -0.4 is 5.32 Å². The molecule has 2 N–H and O–H groups in total. The molecule has 0 atom stereocenters. The topological polar surface area (TPSA) is 101 Å². The fourth-order valence-corrected chi connectivity index (χ4v) is 1.95. The first kappa shape index (κ1) is 16.4. The molecule has 0 aliphatic heterocycles. The van der Waals surface area contributed by atoms with Gasteiger partial charge in [0.25, 0.3) is 5.91 Å². The van der Waals surface area contributed by atoms with Crippen LogP contribution in [-0.4, -0.2) is 40.1 Å². The minimum atomic E-state index is -0.498. The molecule has 0 unspecified atom stereocenters. The van der Waals surface area contributed by atoms with E-state index in [4.69, 9.17) is 4.74 Å². The van der Waals surface area contributed by atoms with Crippen LogP contribution in [0.25, 0.3) is 11.3 Å². The number of aryl methyl sites for hydroxylation is 1. The van der Waals surface area contributed by atoms with Gasteiger partial charge in [0.2, 0.25) is 0 Å². The number of carbonyl (C=O) groups is 2. The predicted octanol–water partition coefficient (Wildman–Crippen LogP) is 1.45. The van der Waals surface area contributed by atoms with Crippen molar-refractivity contribution in [2.24, 2.45) is 0 Å². The molecule has 2 heterocycles. The van der Waals surface area contributed by atoms with E-state index in [-0.39, 0.29) is 24.6 Å². The number of ether oxygens (including phenoxy) is 1. The highest BCUT2D eigenvalue weighted by atomic mass is 16.5. The predicted molar refractivity (Wildman–Crippen MR) is 82.8 cm³/mol. The SMILES string of the molecule is CCOC(=O)CNC(=O)c1cc(C)c(-c2ccc(O)cn2)cn1. The standard InChI is InChI=1S/C16H17N3O4/c1-3-23-15(21)9-19-16(22)14-6-10(2)12(8-18-14)13-5-4-11(20)7-17-13/h4-8,20H,3,9H2,1-2H3,(H,19,22). The van der Waals surface area contributed by atoms with Crippen molar-refractivity contribution in [1.29, 1.82) is 0 Å². The minimum Gasteiger partial charge on any atom is -0.506 e. The number of aromatic nitrogens is 2. The second-order valence-corrected chi connectivity index (χ2v) is 4.77. The van der Waals surface area contributed by atoms with Gasteiger partial charge in [-0.05, 0) is 37.6 Å². The molecule has 2 aromatic heterocycles. The molecule has 7 heteroatoms. The van der Waals surface area contributed by atoms with Gasteiger partial charge >= 0.3 is 5.97 Å². The van der Waals surface area contributed by atoms with E-state index in [2.05, 4.69) is 15.3 Å². The van der Waals surface area contributed by atoms with Crippen LogP contribution in [-0.2, 0) is 9.53 Å². The molecule has 2 rings (SSSR count). The number of carbonyl (C=O) groups excluding carboxylic acids is 2. The van der Waals surface area contributed by atoms with Crippen LogP contribution in [0.15, 0.2) is 30.6 Å². The van der Waals surface area contributed by atoms with Crippen LogP contribution in [0.5, 0.6) is 5.75 Å². The molecule has 0 aromatic carbocycles. The first-order chi connectivity index (χ1) is 11.0. The molecule has 0 spiro atoms. The van der Waals surface area contributed by atoms with Crippen molar-refractivity contribution in [2.75, 3.05) is 13.2 Å². The maximum absolute atomic E-state index is 12.0. The second-order valence-electron chi connectivity index (χ2n) is 4.77. The number of pyridine rings is 2. The summed E-state index contributed by atoms with van der Waals surface area (Å²) in [5.41, 5.74) is 2.41. The third-order valence-corrected chi connectivity index (χ3v) is 3.07. The summed E-state index contributed by atoms with van der Waals surface area (Å²) in [6, 6.07) is 4.81. The van der Waals surface area contributed by atoms with Crippen molar-refractivity contribution in [3.05, 3.63) is 41.9 Å². The van der Waals surface area contributed by atoms with E-state index >= 15 is 0 Å². The Morgan fingerprint density at radius 2 is 2.04 bits per heavy atom. The molecule has 0 fully saturated rings. The van der Waals surface area contributed by atoms with Crippen molar-refractivity contribution in [3.8, 4) is 17.0 Å². The van der Waals surface area contributed by atoms with Crippen LogP contribution >= 0.6 is 0 Å². The summed E-state index contributed by atoms with van der Waals surface area (Å²) in [7, 11) is 0. The molecule has 2 aromatic rings. The van der Waals surface area contributed by atoms with E-state index in [1.54, 1.807) is 19.1 Å². The van der Waals surface area contributed by atoms with Crippen LogP contribution in [0.1, 0.15) is 23.0 Å². The van der Waals surface area contributed by atoms with Gasteiger partial charge in [-0.25, -0.2) is 0 Å².